The molecule has 3 nitrogen and oxygen atoms in total. The Morgan fingerprint density at radius 1 is 1.21 bits per heavy atom. The third kappa shape index (κ3) is 4.91. The topological polar surface area (TPSA) is 29.5 Å². The van der Waals surface area contributed by atoms with Crippen molar-refractivity contribution in [2.24, 2.45) is 0 Å². The molecule has 0 saturated carbocycles. The van der Waals surface area contributed by atoms with Crippen LogP contribution in [-0.2, 0) is 11.3 Å². The molecule has 0 aliphatic heterocycles. The molecule has 1 heterocycles. The normalized spacial score (nSPS) is 10.6. The van der Waals surface area contributed by atoms with Crippen LogP contribution >= 0.6 is 11.3 Å². The molecule has 1 aromatic carbocycles. The van der Waals surface area contributed by atoms with Gasteiger partial charge in [0.15, 0.2) is 0 Å². The van der Waals surface area contributed by atoms with Crippen LogP contribution < -0.4 is 0 Å². The highest BCUT2D eigenvalue weighted by Crippen LogP contribution is 2.29. The third-order valence-corrected chi connectivity index (χ3v) is 4.59. The van der Waals surface area contributed by atoms with Crippen molar-refractivity contribution in [3.05, 3.63) is 72.1 Å². The summed E-state index contributed by atoms with van der Waals surface area (Å²) >= 11 is 1.46. The van der Waals surface area contributed by atoms with Crippen molar-refractivity contribution in [2.45, 2.75) is 13.5 Å². The molecule has 0 spiro atoms. The predicted octanol–water partition coefficient (Wildman–Crippen LogP) is 4.77. The van der Waals surface area contributed by atoms with Gasteiger partial charge in [-0.15, -0.1) is 24.5 Å². The molecular formula is C20H23NO2S. The van der Waals surface area contributed by atoms with Crippen LogP contribution in [0.25, 0.3) is 10.4 Å². The highest BCUT2D eigenvalue weighted by molar-refractivity contribution is 7.17. The number of rotatable bonds is 9. The first-order valence-corrected chi connectivity index (χ1v) is 8.80. The van der Waals surface area contributed by atoms with Crippen LogP contribution in [0.5, 0.6) is 0 Å². The minimum atomic E-state index is -0.256. The van der Waals surface area contributed by atoms with Gasteiger partial charge in [0.2, 0.25) is 0 Å². The zero-order valence-electron chi connectivity index (χ0n) is 14.0. The van der Waals surface area contributed by atoms with Crippen LogP contribution in [0.3, 0.4) is 0 Å². The van der Waals surface area contributed by atoms with Crippen LogP contribution in [0.15, 0.2) is 61.7 Å². The van der Waals surface area contributed by atoms with Gasteiger partial charge in [-0.05, 0) is 36.2 Å². The number of hydrogen-bond acceptors (Lipinski definition) is 4. The summed E-state index contributed by atoms with van der Waals surface area (Å²) in [4.78, 5) is 15.8. The lowest BCUT2D eigenvalue weighted by Gasteiger charge is -2.19. The second-order valence-electron chi connectivity index (χ2n) is 5.36. The van der Waals surface area contributed by atoms with Crippen LogP contribution in [-0.4, -0.2) is 30.6 Å². The lowest BCUT2D eigenvalue weighted by Crippen LogP contribution is -2.23. The third-order valence-electron chi connectivity index (χ3n) is 3.47. The smallest absolute Gasteiger partial charge is 0.348 e. The van der Waals surface area contributed by atoms with E-state index in [-0.39, 0.29) is 5.97 Å². The van der Waals surface area contributed by atoms with E-state index < -0.39 is 0 Å². The van der Waals surface area contributed by atoms with E-state index in [0.717, 1.165) is 30.1 Å². The number of carbonyl (C=O) groups excluding carboxylic acids is 1. The summed E-state index contributed by atoms with van der Waals surface area (Å²) in [6.45, 7) is 12.3. The molecular weight excluding hydrogens is 318 g/mol. The van der Waals surface area contributed by atoms with E-state index in [0.29, 0.717) is 11.5 Å². The Morgan fingerprint density at radius 3 is 2.62 bits per heavy atom. The minimum absolute atomic E-state index is 0.256. The Kier molecular flexibility index (Phi) is 6.97. The molecule has 0 bridgehead atoms. The Bertz CT molecular complexity index is 695. The first kappa shape index (κ1) is 18.2. The van der Waals surface area contributed by atoms with Crippen molar-refractivity contribution in [2.75, 3.05) is 19.7 Å². The van der Waals surface area contributed by atoms with Gasteiger partial charge in [0.05, 0.1) is 6.61 Å². The van der Waals surface area contributed by atoms with Crippen LogP contribution in [0.1, 0.15) is 22.2 Å². The van der Waals surface area contributed by atoms with Gasteiger partial charge in [-0.2, -0.15) is 0 Å². The molecule has 0 amide bonds. The fraction of sp³-hybridized carbons (Fsp3) is 0.250. The minimum Gasteiger partial charge on any atom is -0.462 e. The van der Waals surface area contributed by atoms with Crippen molar-refractivity contribution in [1.29, 1.82) is 0 Å². The monoisotopic (exact) mass is 341 g/mol. The Labute approximate surface area is 147 Å². The summed E-state index contributed by atoms with van der Waals surface area (Å²) in [5.74, 6) is -0.256. The second-order valence-corrected chi connectivity index (χ2v) is 6.44. The molecule has 0 aliphatic rings. The number of carbonyl (C=O) groups is 1. The van der Waals surface area contributed by atoms with Crippen molar-refractivity contribution < 1.29 is 9.53 Å². The fourth-order valence-corrected chi connectivity index (χ4v) is 3.35. The molecule has 24 heavy (non-hydrogen) atoms. The number of thiophene rings is 1. The van der Waals surface area contributed by atoms with Crippen LogP contribution in [0.2, 0.25) is 0 Å². The molecule has 0 unspecified atom stereocenters. The zero-order valence-corrected chi connectivity index (χ0v) is 14.8. The van der Waals surface area contributed by atoms with Crippen LogP contribution in [0.4, 0.5) is 0 Å². The molecule has 0 atom stereocenters. The van der Waals surface area contributed by atoms with Gasteiger partial charge in [-0.1, -0.05) is 30.4 Å². The summed E-state index contributed by atoms with van der Waals surface area (Å²) in [6, 6.07) is 12.2. The maximum atomic E-state index is 11.8. The van der Waals surface area contributed by atoms with Crippen molar-refractivity contribution in [3.63, 3.8) is 0 Å². The molecule has 2 rings (SSSR count). The summed E-state index contributed by atoms with van der Waals surface area (Å²) in [5, 5.41) is 0. The Morgan fingerprint density at radius 2 is 1.96 bits per heavy atom. The highest BCUT2D eigenvalue weighted by Gasteiger charge is 2.11. The fourth-order valence-electron chi connectivity index (χ4n) is 2.45. The molecule has 1 aromatic heterocycles. The molecule has 0 saturated heterocycles. The van der Waals surface area contributed by atoms with Gasteiger partial charge in [0, 0.05) is 24.5 Å². The maximum Gasteiger partial charge on any atom is 0.348 e. The lowest BCUT2D eigenvalue weighted by molar-refractivity contribution is 0.0532. The van der Waals surface area contributed by atoms with E-state index in [2.05, 4.69) is 42.3 Å². The van der Waals surface area contributed by atoms with Gasteiger partial charge < -0.3 is 4.74 Å². The standard InChI is InChI=1S/C20H23NO2S/c1-4-12-21(13-5-2)15-16-8-7-9-17(14-16)18-10-11-19(24-18)20(22)23-6-3/h4-5,7-11,14H,1-2,6,12-13,15H2,3H3. The largest absolute Gasteiger partial charge is 0.462 e. The van der Waals surface area contributed by atoms with E-state index >= 15 is 0 Å². The summed E-state index contributed by atoms with van der Waals surface area (Å²) in [6.07, 6.45) is 3.80. The zero-order chi connectivity index (χ0) is 17.4. The molecule has 0 radical (unpaired) electrons. The highest BCUT2D eigenvalue weighted by atomic mass is 32.1. The molecule has 0 aliphatic carbocycles. The summed E-state index contributed by atoms with van der Waals surface area (Å²) in [7, 11) is 0. The van der Waals surface area contributed by atoms with Crippen molar-refractivity contribution >= 4 is 17.3 Å². The maximum absolute atomic E-state index is 11.8. The molecule has 4 heteroatoms. The van der Waals surface area contributed by atoms with Gasteiger partial charge in [-0.25, -0.2) is 4.79 Å². The Hall–Kier alpha value is -2.17. The lowest BCUT2D eigenvalue weighted by atomic mass is 10.1. The quantitative estimate of drug-likeness (QED) is 0.486. The van der Waals surface area contributed by atoms with E-state index in [4.69, 9.17) is 4.74 Å². The van der Waals surface area contributed by atoms with E-state index in [1.165, 1.54) is 16.9 Å². The van der Waals surface area contributed by atoms with Gasteiger partial charge in [-0.3, -0.25) is 4.90 Å². The number of nitrogens with zero attached hydrogens (tertiary/aromatic N) is 1. The number of esters is 1. The average molecular weight is 341 g/mol. The molecule has 0 fully saturated rings. The summed E-state index contributed by atoms with van der Waals surface area (Å²) < 4.78 is 5.05. The van der Waals surface area contributed by atoms with Gasteiger partial charge in [0.1, 0.15) is 4.88 Å². The second kappa shape index (κ2) is 9.21. The van der Waals surface area contributed by atoms with Gasteiger partial charge in [0.25, 0.3) is 0 Å². The first-order chi connectivity index (χ1) is 11.7. The van der Waals surface area contributed by atoms with Crippen LogP contribution in [0, 0.1) is 0 Å². The number of hydrogen-bond donors (Lipinski definition) is 0. The molecule has 2 aromatic rings. The molecule has 126 valence electrons. The van der Waals surface area contributed by atoms with E-state index in [1.54, 1.807) is 0 Å². The number of ether oxygens (including phenoxy) is 1. The predicted molar refractivity (Wildman–Crippen MR) is 101 cm³/mol. The van der Waals surface area contributed by atoms with Crippen molar-refractivity contribution in [3.8, 4) is 10.4 Å². The van der Waals surface area contributed by atoms with E-state index in [1.807, 2.05) is 31.2 Å². The SMILES string of the molecule is C=CCN(CC=C)Cc1cccc(-c2ccc(C(=O)OCC)s2)c1. The first-order valence-electron chi connectivity index (χ1n) is 7.98. The number of benzene rings is 1. The van der Waals surface area contributed by atoms with Crippen molar-refractivity contribution in [1.82, 2.24) is 4.90 Å². The van der Waals surface area contributed by atoms with Gasteiger partial charge >= 0.3 is 5.97 Å². The van der Waals surface area contributed by atoms with E-state index in [9.17, 15) is 4.79 Å². The average Bonchev–Trinajstić information content (AvgIpc) is 3.06. The molecule has 0 N–H and O–H groups in total. The Balaban J connectivity index is 2.16. The summed E-state index contributed by atoms with van der Waals surface area (Å²) in [5.41, 5.74) is 2.34.